The highest BCUT2D eigenvalue weighted by Crippen LogP contribution is 2.25. The SMILES string of the molecule is Cc1c(CNC(=O)C2CCN(C(=O)[C@H]3CCCO3)CC2)oc2ccccc12. The van der Waals surface area contributed by atoms with Crippen LogP contribution in [0.3, 0.4) is 0 Å². The Balaban J connectivity index is 1.29. The van der Waals surface area contributed by atoms with E-state index in [1.54, 1.807) is 0 Å². The van der Waals surface area contributed by atoms with E-state index in [-0.39, 0.29) is 23.8 Å². The second kappa shape index (κ2) is 7.72. The number of carbonyl (C=O) groups excluding carboxylic acids is 2. The molecular formula is C21H26N2O4. The number of benzene rings is 1. The number of rotatable bonds is 4. The van der Waals surface area contributed by atoms with E-state index >= 15 is 0 Å². The lowest BCUT2D eigenvalue weighted by atomic mass is 9.95. The minimum atomic E-state index is -0.272. The third-order valence-corrected chi connectivity index (χ3v) is 5.75. The fourth-order valence-corrected chi connectivity index (χ4v) is 4.04. The fraction of sp³-hybridized carbons (Fsp3) is 0.524. The molecule has 2 aliphatic rings. The van der Waals surface area contributed by atoms with Gasteiger partial charge in [-0.3, -0.25) is 9.59 Å². The number of ether oxygens (including phenoxy) is 1. The van der Waals surface area contributed by atoms with E-state index in [2.05, 4.69) is 5.32 Å². The zero-order chi connectivity index (χ0) is 18.8. The molecule has 1 aromatic heterocycles. The van der Waals surface area contributed by atoms with Crippen molar-refractivity contribution in [3.8, 4) is 0 Å². The Bertz CT molecular complexity index is 830. The van der Waals surface area contributed by atoms with Gasteiger partial charge in [0.1, 0.15) is 17.4 Å². The molecule has 2 saturated heterocycles. The van der Waals surface area contributed by atoms with Gasteiger partial charge in [0.25, 0.3) is 5.91 Å². The van der Waals surface area contributed by atoms with Crippen LogP contribution in [0.1, 0.15) is 37.0 Å². The van der Waals surface area contributed by atoms with Crippen molar-refractivity contribution in [1.29, 1.82) is 0 Å². The van der Waals surface area contributed by atoms with Gasteiger partial charge in [-0.05, 0) is 38.7 Å². The molecule has 0 spiro atoms. The van der Waals surface area contributed by atoms with E-state index in [0.29, 0.717) is 39.1 Å². The minimum Gasteiger partial charge on any atom is -0.459 e. The Kier molecular flexibility index (Phi) is 5.16. The highest BCUT2D eigenvalue weighted by molar-refractivity contribution is 5.83. The Hall–Kier alpha value is -2.34. The summed E-state index contributed by atoms with van der Waals surface area (Å²) in [5.41, 5.74) is 1.92. The van der Waals surface area contributed by atoms with Crippen LogP contribution in [0.25, 0.3) is 11.0 Å². The molecule has 6 heteroatoms. The maximum atomic E-state index is 12.5. The van der Waals surface area contributed by atoms with Crippen LogP contribution < -0.4 is 5.32 Å². The first-order chi connectivity index (χ1) is 13.1. The quantitative estimate of drug-likeness (QED) is 0.898. The first-order valence-corrected chi connectivity index (χ1v) is 9.78. The monoisotopic (exact) mass is 370 g/mol. The molecule has 4 rings (SSSR count). The second-order valence-corrected chi connectivity index (χ2v) is 7.47. The van der Waals surface area contributed by atoms with Gasteiger partial charge >= 0.3 is 0 Å². The molecule has 0 radical (unpaired) electrons. The van der Waals surface area contributed by atoms with Gasteiger partial charge in [-0.2, -0.15) is 0 Å². The van der Waals surface area contributed by atoms with E-state index < -0.39 is 0 Å². The minimum absolute atomic E-state index is 0.0408. The predicted molar refractivity (Wildman–Crippen MR) is 101 cm³/mol. The Labute approximate surface area is 158 Å². The number of fused-ring (bicyclic) bond motifs is 1. The van der Waals surface area contributed by atoms with Crippen LogP contribution in [0, 0.1) is 12.8 Å². The zero-order valence-corrected chi connectivity index (χ0v) is 15.7. The highest BCUT2D eigenvalue weighted by Gasteiger charge is 2.32. The first-order valence-electron chi connectivity index (χ1n) is 9.78. The number of hydrogen-bond acceptors (Lipinski definition) is 4. The topological polar surface area (TPSA) is 71.8 Å². The molecule has 0 bridgehead atoms. The van der Waals surface area contributed by atoms with Crippen LogP contribution in [0.4, 0.5) is 0 Å². The summed E-state index contributed by atoms with van der Waals surface area (Å²) >= 11 is 0. The Morgan fingerprint density at radius 1 is 1.19 bits per heavy atom. The Morgan fingerprint density at radius 3 is 2.67 bits per heavy atom. The number of nitrogens with zero attached hydrogens (tertiary/aromatic N) is 1. The average Bonchev–Trinajstić information content (AvgIpc) is 3.35. The normalized spacial score (nSPS) is 20.9. The number of nitrogens with one attached hydrogen (secondary N) is 1. The van der Waals surface area contributed by atoms with E-state index in [0.717, 1.165) is 35.1 Å². The van der Waals surface area contributed by atoms with Gasteiger partial charge in [-0.15, -0.1) is 0 Å². The van der Waals surface area contributed by atoms with Crippen LogP contribution in [0.2, 0.25) is 0 Å². The third-order valence-electron chi connectivity index (χ3n) is 5.75. The third kappa shape index (κ3) is 3.72. The molecule has 3 heterocycles. The number of carbonyl (C=O) groups is 2. The van der Waals surface area contributed by atoms with Crippen molar-refractivity contribution in [2.75, 3.05) is 19.7 Å². The molecule has 2 amide bonds. The van der Waals surface area contributed by atoms with Gasteiger partial charge in [0.15, 0.2) is 0 Å². The molecular weight excluding hydrogens is 344 g/mol. The predicted octanol–water partition coefficient (Wildman–Crippen LogP) is 2.78. The van der Waals surface area contributed by atoms with E-state index in [4.69, 9.17) is 9.15 Å². The summed E-state index contributed by atoms with van der Waals surface area (Å²) < 4.78 is 11.3. The van der Waals surface area contributed by atoms with Crippen molar-refractivity contribution in [1.82, 2.24) is 10.2 Å². The van der Waals surface area contributed by atoms with Crippen molar-refractivity contribution >= 4 is 22.8 Å². The summed E-state index contributed by atoms with van der Waals surface area (Å²) in [6.07, 6.45) is 2.89. The molecule has 0 aliphatic carbocycles. The molecule has 6 nitrogen and oxygen atoms in total. The van der Waals surface area contributed by atoms with Crippen LogP contribution in [-0.4, -0.2) is 42.5 Å². The number of para-hydroxylation sites is 1. The molecule has 1 N–H and O–H groups in total. The average molecular weight is 370 g/mol. The van der Waals surface area contributed by atoms with Crippen LogP contribution in [0.15, 0.2) is 28.7 Å². The molecule has 0 saturated carbocycles. The Morgan fingerprint density at radius 2 is 1.96 bits per heavy atom. The van der Waals surface area contributed by atoms with Crippen molar-refractivity contribution in [2.45, 2.75) is 45.3 Å². The van der Waals surface area contributed by atoms with E-state index in [1.165, 1.54) is 0 Å². The summed E-state index contributed by atoms with van der Waals surface area (Å²) in [6, 6.07) is 7.90. The summed E-state index contributed by atoms with van der Waals surface area (Å²) in [5.74, 6) is 0.877. The van der Waals surface area contributed by atoms with Gasteiger partial charge in [0, 0.05) is 36.6 Å². The molecule has 2 aromatic rings. The van der Waals surface area contributed by atoms with Crippen LogP contribution in [-0.2, 0) is 20.9 Å². The van der Waals surface area contributed by atoms with Gasteiger partial charge in [0.2, 0.25) is 5.91 Å². The van der Waals surface area contributed by atoms with Crippen LogP contribution >= 0.6 is 0 Å². The summed E-state index contributed by atoms with van der Waals surface area (Å²) in [4.78, 5) is 26.8. The summed E-state index contributed by atoms with van der Waals surface area (Å²) in [7, 11) is 0. The summed E-state index contributed by atoms with van der Waals surface area (Å²) in [6.45, 7) is 4.34. The smallest absolute Gasteiger partial charge is 0.251 e. The maximum absolute atomic E-state index is 12.5. The molecule has 1 aromatic carbocycles. The van der Waals surface area contributed by atoms with Gasteiger partial charge in [-0.25, -0.2) is 0 Å². The number of piperidine rings is 1. The van der Waals surface area contributed by atoms with Crippen molar-refractivity contribution in [3.05, 3.63) is 35.6 Å². The largest absolute Gasteiger partial charge is 0.459 e. The lowest BCUT2D eigenvalue weighted by Gasteiger charge is -2.32. The van der Waals surface area contributed by atoms with Gasteiger partial charge < -0.3 is 19.4 Å². The van der Waals surface area contributed by atoms with Crippen molar-refractivity contribution in [2.24, 2.45) is 5.92 Å². The number of hydrogen-bond donors (Lipinski definition) is 1. The van der Waals surface area contributed by atoms with Crippen molar-refractivity contribution < 1.29 is 18.7 Å². The number of furan rings is 1. The fourth-order valence-electron chi connectivity index (χ4n) is 4.04. The molecule has 27 heavy (non-hydrogen) atoms. The first kappa shape index (κ1) is 18.0. The molecule has 2 aliphatic heterocycles. The molecule has 1 atom stereocenters. The molecule has 144 valence electrons. The van der Waals surface area contributed by atoms with Crippen molar-refractivity contribution in [3.63, 3.8) is 0 Å². The maximum Gasteiger partial charge on any atom is 0.251 e. The second-order valence-electron chi connectivity index (χ2n) is 7.47. The highest BCUT2D eigenvalue weighted by atomic mass is 16.5. The van der Waals surface area contributed by atoms with Gasteiger partial charge in [-0.1, -0.05) is 18.2 Å². The number of likely N-dealkylation sites (tertiary alicyclic amines) is 1. The van der Waals surface area contributed by atoms with E-state index in [9.17, 15) is 9.59 Å². The van der Waals surface area contributed by atoms with Crippen LogP contribution in [0.5, 0.6) is 0 Å². The van der Waals surface area contributed by atoms with Gasteiger partial charge in [0.05, 0.1) is 6.54 Å². The molecule has 2 fully saturated rings. The van der Waals surface area contributed by atoms with E-state index in [1.807, 2.05) is 36.1 Å². The lowest BCUT2D eigenvalue weighted by molar-refractivity contribution is -0.143. The zero-order valence-electron chi connectivity index (χ0n) is 15.7. The standard InChI is InChI=1S/C21H26N2O4/c1-14-16-5-2-3-6-17(16)27-19(14)13-22-20(24)15-8-10-23(11-9-15)21(25)18-7-4-12-26-18/h2-3,5-6,15,18H,4,7-13H2,1H3,(H,22,24)/t18-/m1/s1. The number of aryl methyl sites for hydroxylation is 1. The lowest BCUT2D eigenvalue weighted by Crippen LogP contribution is -2.46. The summed E-state index contributed by atoms with van der Waals surface area (Å²) in [5, 5.41) is 4.09. The number of amides is 2. The molecule has 0 unspecified atom stereocenters.